The largest absolute Gasteiger partial charge is 0.480 e. The number of aliphatic carboxylic acids is 1. The van der Waals surface area contributed by atoms with Crippen LogP contribution in [0.3, 0.4) is 0 Å². The molecule has 0 saturated carbocycles. The molecule has 6 heterocycles. The first-order chi connectivity index (χ1) is 21.1. The summed E-state index contributed by atoms with van der Waals surface area (Å²) >= 11 is 6.20. The normalized spacial score (nSPS) is 21.5. The molecule has 0 aliphatic carbocycles. The van der Waals surface area contributed by atoms with Crippen molar-refractivity contribution in [3.63, 3.8) is 0 Å². The average Bonchev–Trinajstić information content (AvgIpc) is 3.57. The molecule has 3 aromatic heterocycles. The molecule has 7 rings (SSSR count). The number of furan rings is 1. The Morgan fingerprint density at radius 3 is 2.75 bits per heavy atom. The highest BCUT2D eigenvalue weighted by molar-refractivity contribution is 6.29. The van der Waals surface area contributed by atoms with Crippen LogP contribution in [0.4, 0.5) is 24.7 Å². The van der Waals surface area contributed by atoms with Crippen LogP contribution in [0.1, 0.15) is 24.2 Å². The van der Waals surface area contributed by atoms with E-state index in [0.29, 0.717) is 43.1 Å². The van der Waals surface area contributed by atoms with E-state index >= 15 is 0 Å². The van der Waals surface area contributed by atoms with Crippen LogP contribution in [0.5, 0.6) is 5.88 Å². The molecule has 2 atom stereocenters. The third-order valence-electron chi connectivity index (χ3n) is 8.17. The van der Waals surface area contributed by atoms with Crippen molar-refractivity contribution in [2.45, 2.75) is 37.5 Å². The molecule has 0 amide bonds. The maximum atomic E-state index is 14.3. The lowest BCUT2D eigenvalue weighted by Crippen LogP contribution is -2.61. The van der Waals surface area contributed by atoms with Gasteiger partial charge in [-0.05, 0) is 19.1 Å². The first-order valence-corrected chi connectivity index (χ1v) is 14.0. The molecule has 4 aromatic rings. The number of hydrogen-bond donors (Lipinski definition) is 1. The fourth-order valence-corrected chi connectivity index (χ4v) is 5.99. The Labute approximate surface area is 252 Å². The van der Waals surface area contributed by atoms with Gasteiger partial charge in [0, 0.05) is 35.7 Å². The molecule has 0 bridgehead atoms. The molecule has 1 aromatic carbocycles. The Hall–Kier alpha value is -4.21. The highest BCUT2D eigenvalue weighted by Gasteiger charge is 2.48. The third kappa shape index (κ3) is 4.49. The first kappa shape index (κ1) is 28.6. The molecule has 12 nitrogen and oxygen atoms in total. The van der Waals surface area contributed by atoms with Crippen LogP contribution < -0.4 is 14.5 Å². The second kappa shape index (κ2) is 10.5. The van der Waals surface area contributed by atoms with E-state index in [0.717, 1.165) is 0 Å². The van der Waals surface area contributed by atoms with Crippen molar-refractivity contribution in [1.29, 1.82) is 0 Å². The van der Waals surface area contributed by atoms with Gasteiger partial charge in [-0.25, -0.2) is 27.9 Å². The zero-order chi connectivity index (χ0) is 30.9. The summed E-state index contributed by atoms with van der Waals surface area (Å²) in [7, 11) is 0. The molecule has 3 fully saturated rings. The number of benzene rings is 1. The predicted molar refractivity (Wildman–Crippen MR) is 150 cm³/mol. The first-order valence-electron chi connectivity index (χ1n) is 13.6. The number of aromatic nitrogens is 4. The molecular weight excluding hydrogens is 609 g/mol. The standard InChI is InChI=1S/C28H24ClF3N6O6/c1-12-16(30)4-3-15-20-22(44-21(12)15)25(34-24(33-20)23(31)32)38-9-14(7-18(38)27(39)40)43-26-17(8-19(29)35-36-26)37-5-6-42-28(13(37)2)10-41-11-28/h3-4,8,14,18,23H,2,5-7,9-11H2,1H3,(H,39,40)/t14?,18-/m0/s1. The Morgan fingerprint density at radius 1 is 1.25 bits per heavy atom. The van der Waals surface area contributed by atoms with Crippen LogP contribution in [-0.4, -0.2) is 81.9 Å². The van der Waals surface area contributed by atoms with E-state index in [4.69, 9.17) is 30.2 Å². The van der Waals surface area contributed by atoms with Crippen molar-refractivity contribution in [1.82, 2.24) is 20.2 Å². The molecular formula is C28H24ClF3N6O6. The van der Waals surface area contributed by atoms with E-state index in [1.165, 1.54) is 24.0 Å². The van der Waals surface area contributed by atoms with Crippen LogP contribution in [0.2, 0.25) is 5.15 Å². The summed E-state index contributed by atoms with van der Waals surface area (Å²) in [5.74, 6) is -2.72. The number of rotatable bonds is 6. The lowest BCUT2D eigenvalue weighted by atomic mass is 9.95. The summed E-state index contributed by atoms with van der Waals surface area (Å²) in [5, 5.41) is 18.6. The van der Waals surface area contributed by atoms with E-state index in [1.54, 1.807) is 6.07 Å². The minimum atomic E-state index is -3.07. The number of carboxylic acid groups (broad SMARTS) is 1. The number of carboxylic acids is 1. The molecule has 3 aliphatic rings. The molecule has 0 radical (unpaired) electrons. The maximum Gasteiger partial charge on any atom is 0.326 e. The van der Waals surface area contributed by atoms with E-state index < -0.39 is 41.8 Å². The monoisotopic (exact) mass is 632 g/mol. The van der Waals surface area contributed by atoms with Gasteiger partial charge >= 0.3 is 5.97 Å². The van der Waals surface area contributed by atoms with E-state index in [9.17, 15) is 23.1 Å². The molecule has 44 heavy (non-hydrogen) atoms. The number of alkyl halides is 2. The summed E-state index contributed by atoms with van der Waals surface area (Å²) < 4.78 is 65.7. The fraction of sp³-hybridized carbons (Fsp3) is 0.393. The van der Waals surface area contributed by atoms with Gasteiger partial charge in [0.05, 0.1) is 26.4 Å². The van der Waals surface area contributed by atoms with Crippen molar-refractivity contribution < 1.29 is 41.7 Å². The number of morpholine rings is 1. The number of aryl methyl sites for hydroxylation is 1. The summed E-state index contributed by atoms with van der Waals surface area (Å²) in [4.78, 5) is 23.6. The minimum Gasteiger partial charge on any atom is -0.480 e. The zero-order valence-corrected chi connectivity index (χ0v) is 23.9. The topological polar surface area (TPSA) is 136 Å². The summed E-state index contributed by atoms with van der Waals surface area (Å²) in [6.07, 6.45) is -3.94. The van der Waals surface area contributed by atoms with Gasteiger partial charge in [0.15, 0.2) is 28.0 Å². The van der Waals surface area contributed by atoms with Crippen molar-refractivity contribution in [3.8, 4) is 5.88 Å². The van der Waals surface area contributed by atoms with E-state index in [2.05, 4.69) is 26.7 Å². The molecule has 3 saturated heterocycles. The highest BCUT2D eigenvalue weighted by Crippen LogP contribution is 2.42. The highest BCUT2D eigenvalue weighted by atomic mass is 35.5. The van der Waals surface area contributed by atoms with Crippen LogP contribution in [0.25, 0.3) is 22.1 Å². The number of halogens is 4. The van der Waals surface area contributed by atoms with Crippen LogP contribution in [0.15, 0.2) is 34.9 Å². The van der Waals surface area contributed by atoms with Crippen LogP contribution in [-0.2, 0) is 14.3 Å². The molecule has 3 aliphatic heterocycles. The number of hydrogen-bond acceptors (Lipinski definition) is 11. The second-order valence-electron chi connectivity index (χ2n) is 10.8. The van der Waals surface area contributed by atoms with Crippen molar-refractivity contribution in [2.75, 3.05) is 42.7 Å². The fourth-order valence-electron chi connectivity index (χ4n) is 5.85. The second-order valence-corrected chi connectivity index (χ2v) is 11.2. The maximum absolute atomic E-state index is 14.3. The summed E-state index contributed by atoms with van der Waals surface area (Å²) in [5.41, 5.74) is 0.614. The van der Waals surface area contributed by atoms with Crippen LogP contribution >= 0.6 is 11.6 Å². The van der Waals surface area contributed by atoms with Crippen molar-refractivity contribution in [2.24, 2.45) is 0 Å². The molecule has 1 N–H and O–H groups in total. The van der Waals surface area contributed by atoms with Gasteiger partial charge in [0.1, 0.15) is 34.8 Å². The van der Waals surface area contributed by atoms with Gasteiger partial charge in [-0.15, -0.1) is 10.2 Å². The predicted octanol–water partition coefficient (Wildman–Crippen LogP) is 4.43. The molecule has 230 valence electrons. The van der Waals surface area contributed by atoms with Crippen LogP contribution in [0, 0.1) is 12.7 Å². The molecule has 16 heteroatoms. The number of carbonyl (C=O) groups is 1. The van der Waals surface area contributed by atoms with Gasteiger partial charge in [0.2, 0.25) is 0 Å². The molecule has 1 unspecified atom stereocenters. The number of fused-ring (bicyclic) bond motifs is 3. The number of nitrogens with zero attached hydrogens (tertiary/aromatic N) is 6. The Kier molecular flexibility index (Phi) is 6.78. The van der Waals surface area contributed by atoms with Gasteiger partial charge in [-0.3, -0.25) is 0 Å². The van der Waals surface area contributed by atoms with E-state index in [1.807, 2.05) is 4.90 Å². The lowest BCUT2D eigenvalue weighted by Gasteiger charge is -2.49. The Morgan fingerprint density at radius 2 is 2.05 bits per heavy atom. The SMILES string of the molecule is C=C1N(c2cc(Cl)nnc2OC2C[C@@H](C(=O)O)N(c3nc(C(F)F)nc4c3oc3c(C)c(F)ccc34)C2)CCOC12COC2. The van der Waals surface area contributed by atoms with Gasteiger partial charge in [-0.2, -0.15) is 0 Å². The Balaban J connectivity index is 1.26. The van der Waals surface area contributed by atoms with Gasteiger partial charge < -0.3 is 33.5 Å². The molecule has 1 spiro atoms. The lowest BCUT2D eigenvalue weighted by molar-refractivity contribution is -0.194. The Bertz CT molecular complexity index is 1830. The minimum absolute atomic E-state index is 0.0162. The summed E-state index contributed by atoms with van der Waals surface area (Å²) in [6, 6.07) is 2.88. The zero-order valence-electron chi connectivity index (χ0n) is 23.1. The average molecular weight is 633 g/mol. The third-order valence-corrected chi connectivity index (χ3v) is 8.36. The van der Waals surface area contributed by atoms with Gasteiger partial charge in [-0.1, -0.05) is 18.2 Å². The van der Waals surface area contributed by atoms with E-state index in [-0.39, 0.29) is 52.1 Å². The number of anilines is 2. The smallest absolute Gasteiger partial charge is 0.326 e. The quantitative estimate of drug-likeness (QED) is 0.322. The van der Waals surface area contributed by atoms with Crippen molar-refractivity contribution in [3.05, 3.63) is 52.8 Å². The van der Waals surface area contributed by atoms with Gasteiger partial charge in [0.25, 0.3) is 12.3 Å². The number of ether oxygens (including phenoxy) is 3. The summed E-state index contributed by atoms with van der Waals surface area (Å²) in [6.45, 7) is 7.04. The van der Waals surface area contributed by atoms with Crippen molar-refractivity contribution >= 4 is 51.1 Å².